The summed E-state index contributed by atoms with van der Waals surface area (Å²) >= 11 is 0. The first-order chi connectivity index (χ1) is 10.0. The lowest BCUT2D eigenvalue weighted by molar-refractivity contribution is 0.598. The number of hydrogen-bond acceptors (Lipinski definition) is 2. The van der Waals surface area contributed by atoms with E-state index in [1.165, 1.54) is 0 Å². The predicted octanol–water partition coefficient (Wildman–Crippen LogP) is 3.95. The van der Waals surface area contributed by atoms with Crippen molar-refractivity contribution in [1.29, 1.82) is 0 Å². The molecule has 0 amide bonds. The van der Waals surface area contributed by atoms with E-state index in [0.717, 1.165) is 22.6 Å². The molecule has 2 aromatic rings. The van der Waals surface area contributed by atoms with E-state index in [-0.39, 0.29) is 4.90 Å². The van der Waals surface area contributed by atoms with Crippen LogP contribution < -0.4 is 0 Å². The van der Waals surface area contributed by atoms with Gasteiger partial charge in [-0.15, -0.1) is 3.77 Å². The molecule has 0 aromatic heterocycles. The van der Waals surface area contributed by atoms with E-state index in [1.807, 2.05) is 44.2 Å². The lowest BCUT2D eigenvalue weighted by Gasteiger charge is -2.07. The molecule has 0 N–H and O–H groups in total. The maximum atomic E-state index is 12.4. The summed E-state index contributed by atoms with van der Waals surface area (Å²) in [5.41, 5.74) is 1.03. The van der Waals surface area contributed by atoms with Gasteiger partial charge in [0.2, 0.25) is 0 Å². The molecule has 112 valence electrons. The topological polar surface area (TPSA) is 46.5 Å². The Hall–Kier alpha value is -1.46. The van der Waals surface area contributed by atoms with Crippen LogP contribution in [0.5, 0.6) is 0 Å². The highest BCUT2D eigenvalue weighted by Crippen LogP contribution is 2.18. The minimum atomic E-state index is -3.61. The molecule has 2 aromatic carbocycles. The first-order valence-electron chi connectivity index (χ1n) is 6.83. The van der Waals surface area contributed by atoms with Gasteiger partial charge < -0.3 is 0 Å². The zero-order chi connectivity index (χ0) is 15.3. The molecule has 3 nitrogen and oxygen atoms in total. The highest BCUT2D eigenvalue weighted by Gasteiger charge is 2.14. The normalized spacial score (nSPS) is 13.2. The average Bonchev–Trinajstić information content (AvgIpc) is 2.48. The Bertz CT molecular complexity index is 721. The lowest BCUT2D eigenvalue weighted by Crippen LogP contribution is -2.03. The number of hydrogen-bond donors (Lipinski definition) is 0. The van der Waals surface area contributed by atoms with Gasteiger partial charge in [0.05, 0.1) is 4.90 Å². The van der Waals surface area contributed by atoms with Crippen molar-refractivity contribution < 1.29 is 8.42 Å². The molecule has 5 heteroatoms. The van der Waals surface area contributed by atoms with Crippen molar-refractivity contribution in [2.75, 3.05) is 5.75 Å². The molecule has 0 bridgehead atoms. The number of sulfonamides is 1. The second-order valence-electron chi connectivity index (χ2n) is 4.74. The van der Waals surface area contributed by atoms with Crippen LogP contribution in [0.4, 0.5) is 0 Å². The van der Waals surface area contributed by atoms with E-state index in [0.29, 0.717) is 0 Å². The molecule has 0 aliphatic rings. The molecule has 0 radical (unpaired) electrons. The highest BCUT2D eigenvalue weighted by atomic mass is 32.3. The van der Waals surface area contributed by atoms with Gasteiger partial charge in [0, 0.05) is 10.6 Å². The number of benzene rings is 2. The molecule has 0 unspecified atom stereocenters. The second-order valence-corrected chi connectivity index (χ2v) is 8.37. The van der Waals surface area contributed by atoms with Gasteiger partial charge in [0.1, 0.15) is 0 Å². The number of rotatable bonds is 5. The highest BCUT2D eigenvalue weighted by molar-refractivity contribution is 8.00. The van der Waals surface area contributed by atoms with Crippen LogP contribution in [0.1, 0.15) is 18.9 Å². The average molecular weight is 321 g/mol. The molecule has 0 saturated heterocycles. The van der Waals surface area contributed by atoms with E-state index < -0.39 is 20.7 Å². The standard InChI is InChI=1S/C16H19NO2S2/c1-3-13-20(15-7-5-4-6-8-15)17-21(18,19)16-11-9-14(2)10-12-16/h4-12H,3,13H2,1-2H3/t20-/m1/s1. The fourth-order valence-electron chi connectivity index (χ4n) is 1.84. The molecule has 0 aliphatic heterocycles. The van der Waals surface area contributed by atoms with Crippen LogP contribution in [-0.2, 0) is 20.7 Å². The van der Waals surface area contributed by atoms with Crippen LogP contribution in [0.15, 0.2) is 68.2 Å². The largest absolute Gasteiger partial charge is 0.288 e. The van der Waals surface area contributed by atoms with Crippen molar-refractivity contribution in [3.8, 4) is 0 Å². The van der Waals surface area contributed by atoms with E-state index in [1.54, 1.807) is 24.3 Å². The fourth-order valence-corrected chi connectivity index (χ4v) is 5.35. The molecule has 2 rings (SSSR count). The minimum Gasteiger partial charge on any atom is -0.199 e. The predicted molar refractivity (Wildman–Crippen MR) is 88.0 cm³/mol. The molecule has 0 spiro atoms. The van der Waals surface area contributed by atoms with Crippen LogP contribution >= 0.6 is 0 Å². The van der Waals surface area contributed by atoms with Gasteiger partial charge in [-0.05, 0) is 37.6 Å². The first kappa shape index (κ1) is 15.9. The van der Waals surface area contributed by atoms with E-state index in [9.17, 15) is 8.42 Å². The van der Waals surface area contributed by atoms with Gasteiger partial charge in [-0.1, -0.05) is 53.5 Å². The van der Waals surface area contributed by atoms with E-state index in [2.05, 4.69) is 3.77 Å². The van der Waals surface area contributed by atoms with Crippen molar-refractivity contribution in [1.82, 2.24) is 0 Å². The Balaban J connectivity index is 2.44. The van der Waals surface area contributed by atoms with Crippen molar-refractivity contribution in [3.05, 3.63) is 60.2 Å². The van der Waals surface area contributed by atoms with Gasteiger partial charge >= 0.3 is 0 Å². The summed E-state index contributed by atoms with van der Waals surface area (Å²) in [5.74, 6) is 0.745. The van der Waals surface area contributed by atoms with Gasteiger partial charge in [0.25, 0.3) is 10.0 Å². The molecule has 1 atom stereocenters. The third kappa shape index (κ3) is 4.25. The van der Waals surface area contributed by atoms with E-state index in [4.69, 9.17) is 0 Å². The second kappa shape index (κ2) is 7.00. The quantitative estimate of drug-likeness (QED) is 0.837. The molecule has 0 fully saturated rings. The molecular weight excluding hydrogens is 302 g/mol. The maximum absolute atomic E-state index is 12.4. The fraction of sp³-hybridized carbons (Fsp3) is 0.250. The molecule has 0 saturated carbocycles. The van der Waals surface area contributed by atoms with Gasteiger partial charge in [-0.3, -0.25) is 0 Å². The molecule has 0 heterocycles. The van der Waals surface area contributed by atoms with Crippen LogP contribution in [0.3, 0.4) is 0 Å². The summed E-state index contributed by atoms with van der Waals surface area (Å²) in [5, 5.41) is 0. The summed E-state index contributed by atoms with van der Waals surface area (Å²) in [4.78, 5) is 1.23. The third-order valence-electron chi connectivity index (χ3n) is 2.92. The van der Waals surface area contributed by atoms with Gasteiger partial charge in [-0.25, -0.2) is 0 Å². The zero-order valence-corrected chi connectivity index (χ0v) is 13.8. The van der Waals surface area contributed by atoms with Gasteiger partial charge in [0.15, 0.2) is 0 Å². The van der Waals surface area contributed by atoms with Crippen molar-refractivity contribution in [2.24, 2.45) is 3.77 Å². The molecule has 0 aliphatic carbocycles. The summed E-state index contributed by atoms with van der Waals surface area (Å²) in [6.45, 7) is 3.97. The molecule has 21 heavy (non-hydrogen) atoms. The SMILES string of the molecule is CCC[S@@](=NS(=O)(=O)c1ccc(C)cc1)c1ccccc1. The van der Waals surface area contributed by atoms with Crippen molar-refractivity contribution in [2.45, 2.75) is 30.1 Å². The Morgan fingerprint density at radius 3 is 2.19 bits per heavy atom. The van der Waals surface area contributed by atoms with Crippen molar-refractivity contribution >= 4 is 20.7 Å². The smallest absolute Gasteiger partial charge is 0.199 e. The van der Waals surface area contributed by atoms with Crippen LogP contribution in [0.2, 0.25) is 0 Å². The Labute approximate surface area is 129 Å². The summed E-state index contributed by atoms with van der Waals surface area (Å²) < 4.78 is 29.1. The summed E-state index contributed by atoms with van der Waals surface area (Å²) in [6, 6.07) is 16.5. The number of aryl methyl sites for hydroxylation is 1. The Morgan fingerprint density at radius 2 is 1.62 bits per heavy atom. The first-order valence-corrected chi connectivity index (χ1v) is 9.63. The Morgan fingerprint density at radius 1 is 1.00 bits per heavy atom. The summed E-state index contributed by atoms with van der Waals surface area (Å²) in [6.07, 6.45) is 0.894. The summed E-state index contributed by atoms with van der Waals surface area (Å²) in [7, 11) is -4.24. The van der Waals surface area contributed by atoms with Crippen LogP contribution in [-0.4, -0.2) is 14.2 Å². The lowest BCUT2D eigenvalue weighted by atomic mass is 10.2. The van der Waals surface area contributed by atoms with Crippen molar-refractivity contribution in [3.63, 3.8) is 0 Å². The monoisotopic (exact) mass is 321 g/mol. The third-order valence-corrected chi connectivity index (χ3v) is 6.90. The molecular formula is C16H19NO2S2. The van der Waals surface area contributed by atoms with Crippen LogP contribution in [0.25, 0.3) is 0 Å². The van der Waals surface area contributed by atoms with Gasteiger partial charge in [-0.2, -0.15) is 8.42 Å². The number of nitrogens with zero attached hydrogens (tertiary/aromatic N) is 1. The minimum absolute atomic E-state index is 0.262. The zero-order valence-electron chi connectivity index (χ0n) is 12.2. The Kier molecular flexibility index (Phi) is 5.31. The van der Waals surface area contributed by atoms with Crippen LogP contribution in [0, 0.1) is 6.92 Å². The van der Waals surface area contributed by atoms with E-state index >= 15 is 0 Å². The maximum Gasteiger partial charge on any atom is 0.288 e.